The lowest BCUT2D eigenvalue weighted by Crippen LogP contribution is -2.61. The van der Waals surface area contributed by atoms with Crippen LogP contribution in [0.5, 0.6) is 0 Å². The molecule has 72 heavy (non-hydrogen) atoms. The van der Waals surface area contributed by atoms with Crippen molar-refractivity contribution in [3.05, 3.63) is 173 Å². The van der Waals surface area contributed by atoms with Gasteiger partial charge in [-0.05, 0) is 170 Å². The summed E-state index contributed by atoms with van der Waals surface area (Å²) in [6.45, 7) is 40.5. The second-order valence-corrected chi connectivity index (χ2v) is 27.7. The molecule has 7 aromatic carbocycles. The fourth-order valence-corrected chi connectivity index (χ4v) is 13.8. The first-order chi connectivity index (χ1) is 33.6. The first kappa shape index (κ1) is 48.3. The van der Waals surface area contributed by atoms with Crippen molar-refractivity contribution in [1.82, 2.24) is 0 Å². The molecule has 0 amide bonds. The van der Waals surface area contributed by atoms with Crippen molar-refractivity contribution >= 4 is 68.6 Å². The molecular weight excluding hydrogens is 870 g/mol. The monoisotopic (exact) mass is 948 g/mol. The molecule has 7 aromatic rings. The zero-order valence-electron chi connectivity index (χ0n) is 46.6. The minimum atomic E-state index is -0.127. The number of hydrogen-bond donors (Lipinski definition) is 0. The van der Waals surface area contributed by atoms with Crippen LogP contribution in [0.1, 0.15) is 157 Å². The molecule has 4 aliphatic rings. The Morgan fingerprint density at radius 3 is 1.57 bits per heavy atom. The van der Waals surface area contributed by atoms with Crippen LogP contribution in [0, 0.1) is 12.3 Å². The van der Waals surface area contributed by atoms with E-state index >= 15 is 0 Å². The van der Waals surface area contributed by atoms with Gasteiger partial charge in [0.2, 0.25) is 0 Å². The van der Waals surface area contributed by atoms with Gasteiger partial charge in [-0.15, -0.1) is 0 Å². The summed E-state index contributed by atoms with van der Waals surface area (Å²) < 4.78 is 0. The third kappa shape index (κ3) is 7.42. The number of nitrogens with zero attached hydrogens (tertiary/aromatic N) is 3. The average Bonchev–Trinajstić information content (AvgIpc) is 3.61. The third-order valence-electron chi connectivity index (χ3n) is 17.5. The maximum absolute atomic E-state index is 2.78. The molecule has 368 valence electrons. The lowest BCUT2D eigenvalue weighted by atomic mass is 9.33. The first-order valence-electron chi connectivity index (χ1n) is 26.9. The molecule has 1 fully saturated rings. The van der Waals surface area contributed by atoms with Crippen molar-refractivity contribution in [3.8, 4) is 11.1 Å². The van der Waals surface area contributed by atoms with Gasteiger partial charge in [-0.25, -0.2) is 0 Å². The molecule has 0 bridgehead atoms. The van der Waals surface area contributed by atoms with E-state index in [0.717, 1.165) is 12.8 Å². The predicted molar refractivity (Wildman–Crippen MR) is 313 cm³/mol. The minimum absolute atomic E-state index is 0.00111. The van der Waals surface area contributed by atoms with Crippen LogP contribution >= 0.6 is 0 Å². The zero-order valence-corrected chi connectivity index (χ0v) is 46.6. The van der Waals surface area contributed by atoms with Crippen LogP contribution in [0.4, 0.5) is 45.5 Å². The Labute approximate surface area is 433 Å². The van der Waals surface area contributed by atoms with Gasteiger partial charge in [0.25, 0.3) is 6.71 Å². The molecule has 0 spiro atoms. The zero-order chi connectivity index (χ0) is 51.5. The second kappa shape index (κ2) is 15.8. The van der Waals surface area contributed by atoms with Crippen molar-refractivity contribution in [3.63, 3.8) is 0 Å². The largest absolute Gasteiger partial charge is 0.334 e. The highest BCUT2D eigenvalue weighted by Crippen LogP contribution is 2.67. The molecule has 0 aromatic heterocycles. The molecule has 4 heteroatoms. The summed E-state index contributed by atoms with van der Waals surface area (Å²) in [5.41, 5.74) is 24.8. The Bertz CT molecular complexity index is 3310. The maximum atomic E-state index is 2.78. The van der Waals surface area contributed by atoms with Gasteiger partial charge in [0.05, 0.1) is 11.2 Å². The number of benzene rings is 7. The van der Waals surface area contributed by atoms with Crippen LogP contribution in [0.25, 0.3) is 11.1 Å². The molecule has 0 saturated heterocycles. The van der Waals surface area contributed by atoms with Gasteiger partial charge < -0.3 is 14.7 Å². The quantitative estimate of drug-likeness (QED) is 0.163. The molecule has 0 radical (unpaired) electrons. The molecular formula is C68H78BN3. The van der Waals surface area contributed by atoms with E-state index in [1.165, 1.54) is 106 Å². The summed E-state index contributed by atoms with van der Waals surface area (Å²) in [4.78, 5) is 8.03. The van der Waals surface area contributed by atoms with Crippen molar-refractivity contribution in [2.75, 3.05) is 14.7 Å². The molecule has 11 rings (SSSR count). The summed E-state index contributed by atoms with van der Waals surface area (Å²) in [6, 6.07) is 55.2. The topological polar surface area (TPSA) is 9.72 Å². The summed E-state index contributed by atoms with van der Waals surface area (Å²) >= 11 is 0. The van der Waals surface area contributed by atoms with E-state index in [-0.39, 0.29) is 44.7 Å². The second-order valence-electron chi connectivity index (χ2n) is 27.7. The summed E-state index contributed by atoms with van der Waals surface area (Å²) in [5, 5.41) is 0. The summed E-state index contributed by atoms with van der Waals surface area (Å²) in [6.07, 6.45) is 2.26. The maximum Gasteiger partial charge on any atom is 0.252 e. The number of fused-ring (bicyclic) bond motifs is 7. The first-order valence-corrected chi connectivity index (χ1v) is 26.9. The lowest BCUT2D eigenvalue weighted by molar-refractivity contribution is 0.330. The van der Waals surface area contributed by atoms with Crippen LogP contribution < -0.4 is 31.1 Å². The Balaban J connectivity index is 1.21. The van der Waals surface area contributed by atoms with Crippen molar-refractivity contribution in [2.45, 2.75) is 163 Å². The molecule has 1 saturated carbocycles. The van der Waals surface area contributed by atoms with Gasteiger partial charge >= 0.3 is 0 Å². The van der Waals surface area contributed by atoms with Gasteiger partial charge in [-0.1, -0.05) is 183 Å². The number of aryl methyl sites for hydroxylation is 1. The summed E-state index contributed by atoms with van der Waals surface area (Å²) in [7, 11) is 0. The third-order valence-corrected chi connectivity index (χ3v) is 17.5. The highest BCUT2D eigenvalue weighted by Gasteiger charge is 2.64. The molecule has 0 N–H and O–H groups in total. The van der Waals surface area contributed by atoms with Crippen molar-refractivity contribution in [2.24, 2.45) is 5.41 Å². The molecule has 3 aliphatic heterocycles. The number of hydrogen-bond acceptors (Lipinski definition) is 3. The standard InChI is InChI=1S/C68H78BN3/c1-43-35-59-61-60(36-43)71(55-32-25-46(63(5,6)7)37-51(55)44-21-19-18-20-22-44)57-34-27-48(65(11,12)13)39-54(57)69(61)53-31-30-50(40-58(53)70(59)49-28-23-45(24-29-49)62(2,3)4)72-56-33-26-47(64(8,9)10)38-52(56)67(16)41-66(14,15)42-68(67,72)17/h18-40H,41-42H2,1-17H3. The van der Waals surface area contributed by atoms with Crippen LogP contribution in [0.2, 0.25) is 0 Å². The van der Waals surface area contributed by atoms with Gasteiger partial charge in [0, 0.05) is 50.8 Å². The Morgan fingerprint density at radius 2 is 0.958 bits per heavy atom. The van der Waals surface area contributed by atoms with Crippen molar-refractivity contribution in [1.29, 1.82) is 0 Å². The lowest BCUT2D eigenvalue weighted by Gasteiger charge is -2.46. The van der Waals surface area contributed by atoms with E-state index in [1.807, 2.05) is 0 Å². The Morgan fingerprint density at radius 1 is 0.431 bits per heavy atom. The highest BCUT2D eigenvalue weighted by molar-refractivity contribution is 7.00. The van der Waals surface area contributed by atoms with E-state index in [0.29, 0.717) is 0 Å². The fraction of sp³-hybridized carbons (Fsp3) is 0.382. The molecule has 1 aliphatic carbocycles. The van der Waals surface area contributed by atoms with E-state index in [1.54, 1.807) is 0 Å². The van der Waals surface area contributed by atoms with Gasteiger partial charge in [-0.3, -0.25) is 0 Å². The minimum Gasteiger partial charge on any atom is -0.334 e. The summed E-state index contributed by atoms with van der Waals surface area (Å²) in [5.74, 6) is 0. The van der Waals surface area contributed by atoms with Crippen LogP contribution in [-0.4, -0.2) is 12.3 Å². The van der Waals surface area contributed by atoms with E-state index in [4.69, 9.17) is 0 Å². The van der Waals surface area contributed by atoms with Gasteiger partial charge in [0.15, 0.2) is 0 Å². The van der Waals surface area contributed by atoms with Crippen LogP contribution in [-0.2, 0) is 27.1 Å². The number of rotatable bonds is 4. The average molecular weight is 948 g/mol. The van der Waals surface area contributed by atoms with Gasteiger partial charge in [0.1, 0.15) is 0 Å². The normalized spacial score (nSPS) is 20.0. The van der Waals surface area contributed by atoms with E-state index in [9.17, 15) is 0 Å². The van der Waals surface area contributed by atoms with Crippen molar-refractivity contribution < 1.29 is 0 Å². The van der Waals surface area contributed by atoms with E-state index in [2.05, 4.69) is 272 Å². The molecule has 3 heterocycles. The molecule has 2 atom stereocenters. The Hall–Kier alpha value is -6.00. The highest BCUT2D eigenvalue weighted by atomic mass is 15.3. The molecule has 2 unspecified atom stereocenters. The Kier molecular flexibility index (Phi) is 10.6. The smallest absolute Gasteiger partial charge is 0.252 e. The predicted octanol–water partition coefficient (Wildman–Crippen LogP) is 16.9. The number of anilines is 8. The van der Waals surface area contributed by atoms with Gasteiger partial charge in [-0.2, -0.15) is 0 Å². The molecule has 3 nitrogen and oxygen atoms in total. The van der Waals surface area contributed by atoms with E-state index < -0.39 is 0 Å². The SMILES string of the molecule is Cc1cc2c3c(c1)N(c1ccc(C(C)(C)C)cc1-c1ccccc1)c1ccc(C(C)(C)C)cc1B3c1ccc(N3c4ccc(C(C)(C)C)cc4C4(C)CC(C)(C)CC34C)cc1N2c1ccc(C(C)(C)C)cc1. The van der Waals surface area contributed by atoms with Crippen LogP contribution in [0.3, 0.4) is 0 Å². The fourth-order valence-electron chi connectivity index (χ4n) is 13.8. The van der Waals surface area contributed by atoms with Crippen LogP contribution in [0.15, 0.2) is 140 Å².